The van der Waals surface area contributed by atoms with Crippen molar-refractivity contribution in [2.45, 2.75) is 64.9 Å². The van der Waals surface area contributed by atoms with E-state index in [2.05, 4.69) is 21.3 Å². The Morgan fingerprint density at radius 1 is 0.971 bits per heavy atom. The molecule has 2 amide bonds. The van der Waals surface area contributed by atoms with Crippen LogP contribution >= 0.6 is 11.6 Å². The van der Waals surface area contributed by atoms with E-state index in [-0.39, 0.29) is 5.91 Å². The van der Waals surface area contributed by atoms with Gasteiger partial charge in [0.15, 0.2) is 0 Å². The van der Waals surface area contributed by atoms with E-state index in [0.29, 0.717) is 42.2 Å². The maximum absolute atomic E-state index is 13.0. The Morgan fingerprint density at radius 3 is 2.23 bits per heavy atom. The van der Waals surface area contributed by atoms with Gasteiger partial charge in [-0.25, -0.2) is 4.79 Å². The van der Waals surface area contributed by atoms with Crippen molar-refractivity contribution in [2.75, 3.05) is 38.0 Å². The highest BCUT2D eigenvalue weighted by atomic mass is 35.5. The van der Waals surface area contributed by atoms with E-state index in [0.717, 1.165) is 30.0 Å². The van der Waals surface area contributed by atoms with Crippen molar-refractivity contribution in [3.05, 3.63) is 28.8 Å². The van der Waals surface area contributed by atoms with Crippen molar-refractivity contribution in [1.29, 1.82) is 0 Å². The number of halogens is 1. The van der Waals surface area contributed by atoms with Gasteiger partial charge in [-0.3, -0.25) is 4.79 Å². The number of benzene rings is 1. The third kappa shape index (κ3) is 7.26. The smallest absolute Gasteiger partial charge is 0.407 e. The third-order valence-corrected chi connectivity index (χ3v) is 7.93. The Labute approximate surface area is 214 Å². The molecular formula is C27H41ClN4O3. The quantitative estimate of drug-likeness (QED) is 0.343. The normalized spacial score (nSPS) is 26.9. The van der Waals surface area contributed by atoms with Crippen molar-refractivity contribution in [1.82, 2.24) is 16.0 Å². The Hall–Kier alpha value is -1.99. The molecule has 35 heavy (non-hydrogen) atoms. The summed E-state index contributed by atoms with van der Waals surface area (Å²) in [5, 5.41) is 13.0. The number of rotatable bonds is 10. The van der Waals surface area contributed by atoms with E-state index < -0.39 is 11.7 Å². The van der Waals surface area contributed by atoms with Crippen LogP contribution in [-0.4, -0.2) is 50.3 Å². The van der Waals surface area contributed by atoms with E-state index in [4.69, 9.17) is 16.3 Å². The second-order valence-electron chi connectivity index (χ2n) is 11.9. The molecular weight excluding hydrogens is 464 g/mol. The van der Waals surface area contributed by atoms with Crippen LogP contribution in [-0.2, 0) is 4.74 Å². The van der Waals surface area contributed by atoms with E-state index in [1.54, 1.807) is 6.07 Å². The molecule has 0 unspecified atom stereocenters. The van der Waals surface area contributed by atoms with Gasteiger partial charge in [0.1, 0.15) is 5.60 Å². The molecule has 0 spiro atoms. The molecule has 0 saturated heterocycles. The third-order valence-electron chi connectivity index (χ3n) is 7.60. The predicted octanol–water partition coefficient (Wildman–Crippen LogP) is 4.81. The van der Waals surface area contributed by atoms with E-state index in [1.807, 2.05) is 32.9 Å². The number of ether oxygens (including phenoxy) is 1. The molecule has 0 heterocycles. The fourth-order valence-electron chi connectivity index (χ4n) is 6.67. The summed E-state index contributed by atoms with van der Waals surface area (Å²) in [6.45, 7) is 8.81. The maximum Gasteiger partial charge on any atom is 0.407 e. The van der Waals surface area contributed by atoms with Gasteiger partial charge in [0.2, 0.25) is 0 Å². The SMILES string of the molecule is CC(C)(C)OC(=O)NCCNCCNc1ccc(Cl)c(C(=O)NCC23CC4CC(CC(C4)C2)C3)c1. The molecule has 0 atom stereocenters. The molecule has 7 nitrogen and oxygen atoms in total. The highest BCUT2D eigenvalue weighted by molar-refractivity contribution is 6.34. The van der Waals surface area contributed by atoms with Crippen LogP contribution in [0.4, 0.5) is 10.5 Å². The highest BCUT2D eigenvalue weighted by Gasteiger charge is 2.50. The molecule has 194 valence electrons. The zero-order valence-corrected chi connectivity index (χ0v) is 22.1. The summed E-state index contributed by atoms with van der Waals surface area (Å²) in [6, 6.07) is 5.51. The van der Waals surface area contributed by atoms with Crippen molar-refractivity contribution in [3.8, 4) is 0 Å². The van der Waals surface area contributed by atoms with Gasteiger partial charge in [0.05, 0.1) is 10.6 Å². The molecule has 4 N–H and O–H groups in total. The first-order valence-electron chi connectivity index (χ1n) is 13.1. The van der Waals surface area contributed by atoms with Crippen molar-refractivity contribution in [3.63, 3.8) is 0 Å². The minimum absolute atomic E-state index is 0.0827. The molecule has 0 radical (unpaired) electrons. The number of hydrogen-bond donors (Lipinski definition) is 4. The van der Waals surface area contributed by atoms with Gasteiger partial charge in [-0.05, 0) is 101 Å². The van der Waals surface area contributed by atoms with Gasteiger partial charge in [-0.15, -0.1) is 0 Å². The van der Waals surface area contributed by atoms with Crippen LogP contribution in [0.2, 0.25) is 5.02 Å². The largest absolute Gasteiger partial charge is 0.444 e. The second kappa shape index (κ2) is 11.0. The lowest BCUT2D eigenvalue weighted by atomic mass is 9.49. The molecule has 4 saturated carbocycles. The number of carbonyl (C=O) groups is 2. The Bertz CT molecular complexity index is 879. The van der Waals surface area contributed by atoms with Gasteiger partial charge in [-0.2, -0.15) is 0 Å². The number of nitrogens with one attached hydrogen (secondary N) is 4. The summed E-state index contributed by atoms with van der Waals surface area (Å²) < 4.78 is 5.21. The summed E-state index contributed by atoms with van der Waals surface area (Å²) in [5.41, 5.74) is 1.19. The maximum atomic E-state index is 13.0. The molecule has 4 aliphatic carbocycles. The van der Waals surface area contributed by atoms with Crippen molar-refractivity contribution < 1.29 is 14.3 Å². The number of anilines is 1. The predicted molar refractivity (Wildman–Crippen MR) is 140 cm³/mol. The summed E-state index contributed by atoms with van der Waals surface area (Å²) >= 11 is 6.38. The Kier molecular flexibility index (Phi) is 8.16. The lowest BCUT2D eigenvalue weighted by Gasteiger charge is -2.56. The lowest BCUT2D eigenvalue weighted by Crippen LogP contribution is -2.51. The topological polar surface area (TPSA) is 91.5 Å². The minimum atomic E-state index is -0.495. The van der Waals surface area contributed by atoms with E-state index in [9.17, 15) is 9.59 Å². The number of alkyl carbamates (subject to hydrolysis) is 1. The van der Waals surface area contributed by atoms with Crippen LogP contribution in [0.3, 0.4) is 0 Å². The Morgan fingerprint density at radius 2 is 1.60 bits per heavy atom. The number of amides is 2. The minimum Gasteiger partial charge on any atom is -0.444 e. The van der Waals surface area contributed by atoms with Gasteiger partial charge in [-0.1, -0.05) is 11.6 Å². The van der Waals surface area contributed by atoms with Crippen LogP contribution in [0.1, 0.15) is 69.7 Å². The van der Waals surface area contributed by atoms with Crippen LogP contribution in [0.15, 0.2) is 18.2 Å². The number of hydrogen-bond acceptors (Lipinski definition) is 5. The molecule has 4 aliphatic rings. The van der Waals surface area contributed by atoms with Gasteiger partial charge in [0.25, 0.3) is 5.91 Å². The molecule has 1 aromatic rings. The summed E-state index contributed by atoms with van der Waals surface area (Å²) in [6.07, 6.45) is 7.62. The first-order valence-corrected chi connectivity index (χ1v) is 13.5. The molecule has 4 bridgehead atoms. The molecule has 8 heteroatoms. The molecule has 1 aromatic carbocycles. The molecule has 0 aliphatic heterocycles. The zero-order chi connectivity index (χ0) is 25.1. The van der Waals surface area contributed by atoms with Crippen LogP contribution in [0, 0.1) is 23.2 Å². The first-order chi connectivity index (χ1) is 16.6. The summed E-state index contributed by atoms with van der Waals surface area (Å²) in [7, 11) is 0. The van der Waals surface area contributed by atoms with Gasteiger partial charge < -0.3 is 26.0 Å². The van der Waals surface area contributed by atoms with Crippen molar-refractivity contribution in [2.24, 2.45) is 23.2 Å². The molecule has 0 aromatic heterocycles. The fourth-order valence-corrected chi connectivity index (χ4v) is 6.87. The Balaban J connectivity index is 1.17. The first kappa shape index (κ1) is 26.1. The van der Waals surface area contributed by atoms with Crippen LogP contribution < -0.4 is 21.3 Å². The monoisotopic (exact) mass is 504 g/mol. The fraction of sp³-hybridized carbons (Fsp3) is 0.704. The zero-order valence-electron chi connectivity index (χ0n) is 21.3. The van der Waals surface area contributed by atoms with Crippen LogP contribution in [0.5, 0.6) is 0 Å². The average Bonchev–Trinajstić information content (AvgIpc) is 2.76. The van der Waals surface area contributed by atoms with Crippen molar-refractivity contribution >= 4 is 29.3 Å². The molecule has 5 rings (SSSR count). The standard InChI is InChI=1S/C27H41ClN4O3/c1-26(2,3)35-25(34)31-9-7-29-6-8-30-21-4-5-23(28)22(13-21)24(33)32-17-27-14-18-10-19(15-27)12-20(11-18)16-27/h4-5,13,18-20,29-30H,6-12,14-17H2,1-3H3,(H,31,34)(H,32,33). The van der Waals surface area contributed by atoms with E-state index in [1.165, 1.54) is 38.5 Å². The molecule has 4 fully saturated rings. The van der Waals surface area contributed by atoms with Gasteiger partial charge in [0, 0.05) is 38.4 Å². The van der Waals surface area contributed by atoms with Gasteiger partial charge >= 0.3 is 6.09 Å². The van der Waals surface area contributed by atoms with Crippen LogP contribution in [0.25, 0.3) is 0 Å². The lowest BCUT2D eigenvalue weighted by molar-refractivity contribution is -0.0503. The second-order valence-corrected chi connectivity index (χ2v) is 12.3. The number of carbonyl (C=O) groups excluding carboxylic acids is 2. The summed E-state index contributed by atoms with van der Waals surface area (Å²) in [4.78, 5) is 24.7. The average molecular weight is 505 g/mol. The van der Waals surface area contributed by atoms with E-state index >= 15 is 0 Å². The summed E-state index contributed by atoms with van der Waals surface area (Å²) in [5.74, 6) is 2.53. The highest BCUT2D eigenvalue weighted by Crippen LogP contribution is 2.59.